The van der Waals surface area contributed by atoms with E-state index in [9.17, 15) is 5.11 Å². The summed E-state index contributed by atoms with van der Waals surface area (Å²) in [5.41, 5.74) is 2.04. The topological polar surface area (TPSA) is 33.1 Å². The molecule has 0 unspecified atom stereocenters. The van der Waals surface area contributed by atoms with Crippen LogP contribution in [0.2, 0.25) is 5.02 Å². The number of phenolic OH excluding ortho intramolecular Hbond substituents is 1. The number of hydrogen-bond acceptors (Lipinski definition) is 2. The maximum absolute atomic E-state index is 9.26. The number of nitrogens with zero attached hydrogens (tertiary/aromatic N) is 1. The average molecular weight is 309 g/mol. The van der Waals surface area contributed by atoms with E-state index in [2.05, 4.69) is 4.98 Å². The predicted octanol–water partition coefficient (Wildman–Crippen LogP) is 3.32. The van der Waals surface area contributed by atoms with Crippen molar-refractivity contribution in [2.24, 2.45) is 0 Å². The minimum atomic E-state index is 0.219. The first kappa shape index (κ1) is 10.8. The Kier molecular flexibility index (Phi) is 2.67. The summed E-state index contributed by atoms with van der Waals surface area (Å²) >= 11 is 6.16. The molecule has 3 rings (SSSR count). The quantitative estimate of drug-likeness (QED) is 0.700. The minimum absolute atomic E-state index is 0.219. The van der Waals surface area contributed by atoms with E-state index in [1.54, 1.807) is 12.1 Å². The molecule has 2 aromatic carbocycles. The van der Waals surface area contributed by atoms with Gasteiger partial charge in [0.15, 0.2) is 0 Å². The molecule has 0 radical (unpaired) electrons. The molecule has 17 heavy (non-hydrogen) atoms. The molecular weight excluding hydrogens is 301 g/mol. The van der Waals surface area contributed by atoms with Crippen LogP contribution >= 0.6 is 11.6 Å². The van der Waals surface area contributed by atoms with E-state index in [1.807, 2.05) is 30.3 Å². The van der Waals surface area contributed by atoms with Crippen LogP contribution in [0.25, 0.3) is 19.9 Å². The fourth-order valence-electron chi connectivity index (χ4n) is 1.63. The van der Waals surface area contributed by atoms with Crippen LogP contribution in [0.15, 0.2) is 42.5 Å². The zero-order chi connectivity index (χ0) is 11.8. The van der Waals surface area contributed by atoms with Crippen LogP contribution in [0.4, 0.5) is 0 Å². The van der Waals surface area contributed by atoms with Crippen molar-refractivity contribution < 1.29 is 5.11 Å². The maximum atomic E-state index is 9.26. The molecule has 0 atom stereocenters. The Morgan fingerprint density at radius 2 is 1.82 bits per heavy atom. The third-order valence-corrected chi connectivity index (χ3v) is 4.98. The zero-order valence-corrected chi connectivity index (χ0v) is 11.2. The van der Waals surface area contributed by atoms with Gasteiger partial charge in [0, 0.05) is 0 Å². The number of aromatic hydroxyl groups is 1. The Labute approximate surface area is 109 Å². The molecule has 0 amide bonds. The summed E-state index contributed by atoms with van der Waals surface area (Å²) < 4.78 is 2.33. The van der Waals surface area contributed by atoms with Gasteiger partial charge in [-0.2, -0.15) is 0 Å². The van der Waals surface area contributed by atoms with E-state index in [1.165, 1.54) is 4.26 Å². The standard InChI is InChI=1S/C13H8ClNOSe/c14-9-3-6-12-11(7-9)15-13(17-12)8-1-4-10(16)5-2-8/h1-7,16H. The number of benzene rings is 2. The van der Waals surface area contributed by atoms with Crippen LogP contribution in [0.3, 0.4) is 0 Å². The van der Waals surface area contributed by atoms with Crippen molar-refractivity contribution in [3.05, 3.63) is 47.5 Å². The fraction of sp³-hybridized carbons (Fsp3) is 0. The molecule has 0 saturated carbocycles. The summed E-state index contributed by atoms with van der Waals surface area (Å²) in [4.78, 5) is 4.59. The van der Waals surface area contributed by atoms with Gasteiger partial charge in [-0.15, -0.1) is 0 Å². The molecule has 0 bridgehead atoms. The molecule has 84 valence electrons. The first-order valence-electron chi connectivity index (χ1n) is 5.08. The van der Waals surface area contributed by atoms with Crippen LogP contribution < -0.4 is 0 Å². The Hall–Kier alpha value is -1.28. The molecule has 3 aromatic rings. The number of fused-ring (bicyclic) bond motifs is 1. The zero-order valence-electron chi connectivity index (χ0n) is 8.72. The van der Waals surface area contributed by atoms with E-state index in [4.69, 9.17) is 11.6 Å². The summed E-state index contributed by atoms with van der Waals surface area (Å²) in [5, 5.41) is 9.98. The van der Waals surface area contributed by atoms with Crippen molar-refractivity contribution in [1.29, 1.82) is 0 Å². The Morgan fingerprint density at radius 1 is 1.06 bits per heavy atom. The molecule has 0 fully saturated rings. The van der Waals surface area contributed by atoms with Gasteiger partial charge in [-0.05, 0) is 0 Å². The molecule has 2 nitrogen and oxygen atoms in total. The molecule has 0 aliphatic heterocycles. The number of phenols is 1. The van der Waals surface area contributed by atoms with E-state index < -0.39 is 0 Å². The first-order valence-corrected chi connectivity index (χ1v) is 7.17. The molecule has 0 spiro atoms. The molecule has 4 heteroatoms. The first-order chi connectivity index (χ1) is 8.22. The second kappa shape index (κ2) is 4.19. The van der Waals surface area contributed by atoms with Crippen LogP contribution in [-0.4, -0.2) is 24.6 Å². The van der Waals surface area contributed by atoms with Crippen LogP contribution in [0.1, 0.15) is 0 Å². The third-order valence-electron chi connectivity index (χ3n) is 2.46. The van der Waals surface area contributed by atoms with Gasteiger partial charge in [-0.3, -0.25) is 0 Å². The summed E-state index contributed by atoms with van der Waals surface area (Å²) in [6.45, 7) is 0. The number of rotatable bonds is 1. The van der Waals surface area contributed by atoms with Crippen LogP contribution in [-0.2, 0) is 0 Å². The summed E-state index contributed by atoms with van der Waals surface area (Å²) in [5.74, 6) is 0.278. The van der Waals surface area contributed by atoms with Crippen molar-refractivity contribution in [2.45, 2.75) is 0 Å². The molecule has 0 saturated heterocycles. The summed E-state index contributed by atoms with van der Waals surface area (Å²) in [7, 11) is 0. The molecule has 1 N–H and O–H groups in total. The van der Waals surface area contributed by atoms with Crippen LogP contribution in [0.5, 0.6) is 5.75 Å². The number of halogens is 1. The van der Waals surface area contributed by atoms with Gasteiger partial charge >= 0.3 is 109 Å². The normalized spacial score (nSPS) is 10.9. The van der Waals surface area contributed by atoms with Gasteiger partial charge in [-0.1, -0.05) is 0 Å². The van der Waals surface area contributed by atoms with E-state index in [0.717, 1.165) is 20.7 Å². The second-order valence-corrected chi connectivity index (χ2v) is 6.28. The molecule has 1 heterocycles. The Balaban J connectivity index is 2.14. The van der Waals surface area contributed by atoms with Gasteiger partial charge in [0.1, 0.15) is 0 Å². The van der Waals surface area contributed by atoms with Crippen molar-refractivity contribution in [3.8, 4) is 15.9 Å². The van der Waals surface area contributed by atoms with Crippen molar-refractivity contribution in [3.63, 3.8) is 0 Å². The summed E-state index contributed by atoms with van der Waals surface area (Å²) in [6.07, 6.45) is 0. The Bertz CT molecular complexity index is 675. The van der Waals surface area contributed by atoms with Crippen molar-refractivity contribution >= 4 is 35.9 Å². The molecule has 1 aromatic heterocycles. The predicted molar refractivity (Wildman–Crippen MR) is 70.8 cm³/mol. The van der Waals surface area contributed by atoms with E-state index in [0.29, 0.717) is 0 Å². The molecule has 0 aliphatic rings. The molecule has 0 aliphatic carbocycles. The number of hydrogen-bond donors (Lipinski definition) is 1. The van der Waals surface area contributed by atoms with Crippen LogP contribution in [0, 0.1) is 0 Å². The van der Waals surface area contributed by atoms with Gasteiger partial charge in [0.2, 0.25) is 0 Å². The SMILES string of the molecule is Oc1ccc(-c2nc3cc(Cl)ccc3[se]2)cc1. The Morgan fingerprint density at radius 3 is 2.59 bits per heavy atom. The second-order valence-electron chi connectivity index (χ2n) is 3.68. The third kappa shape index (κ3) is 2.09. The van der Waals surface area contributed by atoms with E-state index in [-0.39, 0.29) is 20.3 Å². The van der Waals surface area contributed by atoms with Gasteiger partial charge in [0.05, 0.1) is 0 Å². The van der Waals surface area contributed by atoms with Crippen molar-refractivity contribution in [1.82, 2.24) is 4.98 Å². The van der Waals surface area contributed by atoms with E-state index >= 15 is 0 Å². The fourth-order valence-corrected chi connectivity index (χ4v) is 3.79. The van der Waals surface area contributed by atoms with Gasteiger partial charge in [0.25, 0.3) is 0 Å². The van der Waals surface area contributed by atoms with Gasteiger partial charge < -0.3 is 0 Å². The summed E-state index contributed by atoms with van der Waals surface area (Å²) in [6, 6.07) is 13.0. The average Bonchev–Trinajstić information content (AvgIpc) is 2.72. The number of aromatic nitrogens is 1. The molecular formula is C13H8ClNOSe. The van der Waals surface area contributed by atoms with Gasteiger partial charge in [-0.25, -0.2) is 0 Å². The monoisotopic (exact) mass is 309 g/mol. The van der Waals surface area contributed by atoms with Crippen molar-refractivity contribution in [2.75, 3.05) is 0 Å².